The third-order valence-corrected chi connectivity index (χ3v) is 7.17. The van der Waals surface area contributed by atoms with Crippen molar-refractivity contribution >= 4 is 11.7 Å². The number of hydrogen-bond donors (Lipinski definition) is 1. The van der Waals surface area contributed by atoms with Crippen LogP contribution in [0.1, 0.15) is 58.9 Å². The molecule has 1 amide bonds. The van der Waals surface area contributed by atoms with Crippen molar-refractivity contribution < 1.29 is 13.9 Å². The number of ether oxygens (including phenoxy) is 1. The summed E-state index contributed by atoms with van der Waals surface area (Å²) < 4.78 is 24.5. The average Bonchev–Trinajstić information content (AvgIpc) is 3.52. The van der Waals surface area contributed by atoms with Gasteiger partial charge in [-0.3, -0.25) is 9.48 Å². The van der Waals surface area contributed by atoms with E-state index in [0.717, 1.165) is 41.1 Å². The van der Waals surface area contributed by atoms with E-state index in [1.165, 1.54) is 17.0 Å². The highest BCUT2D eigenvalue weighted by Crippen LogP contribution is 2.39. The Morgan fingerprint density at radius 1 is 1.21 bits per heavy atom. The number of amides is 1. The molecular weight excluding hydrogens is 485 g/mol. The molecule has 1 aliphatic heterocycles. The zero-order valence-electron chi connectivity index (χ0n) is 21.9. The molecule has 9 nitrogen and oxygen atoms in total. The Kier molecular flexibility index (Phi) is 5.70. The highest BCUT2D eigenvalue weighted by atomic mass is 19.1. The van der Waals surface area contributed by atoms with E-state index in [9.17, 15) is 9.18 Å². The van der Waals surface area contributed by atoms with Gasteiger partial charge in [-0.25, -0.2) is 14.1 Å². The van der Waals surface area contributed by atoms with Crippen molar-refractivity contribution in [3.63, 3.8) is 0 Å². The summed E-state index contributed by atoms with van der Waals surface area (Å²) in [5.41, 5.74) is 11.9. The number of aryl methyl sites for hydroxylation is 1. The number of nitrogens with two attached hydrogens (primary N) is 1. The summed E-state index contributed by atoms with van der Waals surface area (Å²) in [5.74, 6) is 0.578. The molecule has 3 aromatic heterocycles. The number of pyridine rings is 1. The fourth-order valence-corrected chi connectivity index (χ4v) is 5.10. The van der Waals surface area contributed by atoms with Crippen LogP contribution in [0, 0.1) is 18.7 Å². The van der Waals surface area contributed by atoms with Gasteiger partial charge in [0.25, 0.3) is 5.91 Å². The third kappa shape index (κ3) is 4.19. The summed E-state index contributed by atoms with van der Waals surface area (Å²) in [4.78, 5) is 19.4. The lowest BCUT2D eigenvalue weighted by Gasteiger charge is -2.22. The normalized spacial score (nSPS) is 16.4. The minimum atomic E-state index is -0.543. The zero-order valence-corrected chi connectivity index (χ0v) is 21.9. The number of halogens is 1. The van der Waals surface area contributed by atoms with E-state index in [4.69, 9.17) is 20.7 Å². The number of anilines is 1. The van der Waals surface area contributed by atoms with E-state index in [-0.39, 0.29) is 17.5 Å². The van der Waals surface area contributed by atoms with Gasteiger partial charge in [0.2, 0.25) is 0 Å². The van der Waals surface area contributed by atoms with Crippen LogP contribution in [0.2, 0.25) is 0 Å². The minimum Gasteiger partial charge on any atom is -0.482 e. The number of benzene rings is 1. The topological polar surface area (TPSA) is 104 Å². The predicted octanol–water partition coefficient (Wildman–Crippen LogP) is 4.32. The Bertz CT molecular complexity index is 1570. The standard InChI is InChI=1S/C28H30FN7O2/c1-15-9-20-12-22-25(28(37)34(3)4)33-35(14-17-5-6-17)26(22)18-10-24(27(30)31-13-18)38-16(2)21-11-19(29)7-8-23(21)36(20)32-15/h7-11,13,16-17H,5-6,12,14H2,1-4H3,(H2,30,31)/t16-/m1/s1. The van der Waals surface area contributed by atoms with Crippen molar-refractivity contribution in [3.05, 3.63) is 70.6 Å². The lowest BCUT2D eigenvalue weighted by molar-refractivity contribution is 0.0820. The highest BCUT2D eigenvalue weighted by molar-refractivity contribution is 5.95. The molecular formula is C28H30FN7O2. The number of nitrogens with zero attached hydrogens (tertiary/aromatic N) is 6. The first kappa shape index (κ1) is 24.1. The van der Waals surface area contributed by atoms with Crippen molar-refractivity contribution in [3.8, 4) is 22.7 Å². The molecule has 4 heterocycles. The van der Waals surface area contributed by atoms with Gasteiger partial charge in [-0.15, -0.1) is 0 Å². The molecule has 2 N–H and O–H groups in total. The molecule has 196 valence electrons. The van der Waals surface area contributed by atoms with Gasteiger partial charge in [0.1, 0.15) is 11.9 Å². The zero-order chi connectivity index (χ0) is 26.7. The average molecular weight is 516 g/mol. The summed E-state index contributed by atoms with van der Waals surface area (Å²) >= 11 is 0. The van der Waals surface area contributed by atoms with Crippen LogP contribution in [0.3, 0.4) is 0 Å². The molecule has 1 aromatic carbocycles. The number of fused-ring (bicyclic) bond motifs is 7. The fourth-order valence-electron chi connectivity index (χ4n) is 5.10. The van der Waals surface area contributed by atoms with Crippen LogP contribution in [-0.4, -0.2) is 49.4 Å². The van der Waals surface area contributed by atoms with Crippen molar-refractivity contribution in [2.45, 2.75) is 45.8 Å². The van der Waals surface area contributed by atoms with Gasteiger partial charge < -0.3 is 15.4 Å². The number of carbonyl (C=O) groups is 1. The lowest BCUT2D eigenvalue weighted by Crippen LogP contribution is -2.23. The summed E-state index contributed by atoms with van der Waals surface area (Å²) in [6.45, 7) is 4.47. The van der Waals surface area contributed by atoms with Crippen LogP contribution in [0.5, 0.6) is 5.75 Å². The molecule has 10 heteroatoms. The maximum atomic E-state index is 14.5. The van der Waals surface area contributed by atoms with E-state index < -0.39 is 6.10 Å². The Labute approximate surface area is 220 Å². The van der Waals surface area contributed by atoms with Crippen molar-refractivity contribution in [2.75, 3.05) is 19.8 Å². The molecule has 0 radical (unpaired) electrons. The first-order valence-electron chi connectivity index (χ1n) is 12.8. The number of carbonyl (C=O) groups excluding carboxylic acids is 1. The Hall–Kier alpha value is -4.21. The number of hydrogen-bond acceptors (Lipinski definition) is 6. The maximum Gasteiger partial charge on any atom is 0.274 e. The SMILES string of the molecule is Cc1cc2n(n1)-c1ccc(F)cc1[C@@H](C)Oc1cc(cnc1N)-c1c(c(C(=O)N(C)C)nn1CC1CC1)C2. The molecule has 0 saturated heterocycles. The number of nitrogen functional groups attached to an aromatic ring is 1. The van der Waals surface area contributed by atoms with Gasteiger partial charge in [-0.2, -0.15) is 10.2 Å². The first-order chi connectivity index (χ1) is 18.2. The smallest absolute Gasteiger partial charge is 0.274 e. The molecule has 1 fully saturated rings. The maximum absolute atomic E-state index is 14.5. The quantitative estimate of drug-likeness (QED) is 0.436. The number of aromatic nitrogens is 5. The predicted molar refractivity (Wildman–Crippen MR) is 141 cm³/mol. The summed E-state index contributed by atoms with van der Waals surface area (Å²) in [7, 11) is 3.45. The van der Waals surface area contributed by atoms with Crippen molar-refractivity contribution in [1.29, 1.82) is 0 Å². The highest BCUT2D eigenvalue weighted by Gasteiger charge is 2.31. The van der Waals surface area contributed by atoms with Gasteiger partial charge in [-0.05, 0) is 62.9 Å². The van der Waals surface area contributed by atoms with Crippen LogP contribution in [0.15, 0.2) is 36.5 Å². The molecule has 1 atom stereocenters. The van der Waals surface area contributed by atoms with E-state index in [1.807, 2.05) is 35.3 Å². The second-order valence-electron chi connectivity index (χ2n) is 10.4. The van der Waals surface area contributed by atoms with Crippen LogP contribution < -0.4 is 10.5 Å². The van der Waals surface area contributed by atoms with Crippen molar-refractivity contribution in [1.82, 2.24) is 29.4 Å². The Morgan fingerprint density at radius 2 is 2.00 bits per heavy atom. The second-order valence-corrected chi connectivity index (χ2v) is 10.4. The lowest BCUT2D eigenvalue weighted by atomic mass is 10.00. The van der Waals surface area contributed by atoms with Crippen molar-refractivity contribution in [2.24, 2.45) is 5.92 Å². The van der Waals surface area contributed by atoms with Gasteiger partial charge in [0.05, 0.1) is 17.1 Å². The summed E-state index contributed by atoms with van der Waals surface area (Å²) in [6, 6.07) is 8.40. The molecule has 0 spiro atoms. The largest absolute Gasteiger partial charge is 0.482 e. The van der Waals surface area contributed by atoms with Crippen LogP contribution in [0.25, 0.3) is 16.9 Å². The molecule has 6 rings (SSSR count). The Morgan fingerprint density at radius 3 is 2.74 bits per heavy atom. The molecule has 0 unspecified atom stereocenters. The fraction of sp³-hybridized carbons (Fsp3) is 0.357. The van der Waals surface area contributed by atoms with Gasteiger partial charge >= 0.3 is 0 Å². The minimum absolute atomic E-state index is 0.179. The molecule has 2 aliphatic rings. The van der Waals surface area contributed by atoms with Crippen LogP contribution in [-0.2, 0) is 13.0 Å². The molecule has 2 bridgehead atoms. The van der Waals surface area contributed by atoms with E-state index >= 15 is 0 Å². The first-order valence-corrected chi connectivity index (χ1v) is 12.8. The molecule has 38 heavy (non-hydrogen) atoms. The van der Waals surface area contributed by atoms with E-state index in [2.05, 4.69) is 4.98 Å². The van der Waals surface area contributed by atoms with Crippen LogP contribution in [0.4, 0.5) is 10.2 Å². The summed E-state index contributed by atoms with van der Waals surface area (Å²) in [5, 5.41) is 9.62. The third-order valence-electron chi connectivity index (χ3n) is 7.17. The van der Waals surface area contributed by atoms with Gasteiger partial charge in [-0.1, -0.05) is 0 Å². The molecule has 4 aromatic rings. The van der Waals surface area contributed by atoms with Crippen LogP contribution >= 0.6 is 0 Å². The van der Waals surface area contributed by atoms with Gasteiger partial charge in [0.15, 0.2) is 17.3 Å². The Balaban J connectivity index is 1.66. The van der Waals surface area contributed by atoms with Gasteiger partial charge in [0, 0.05) is 55.6 Å². The molecule has 1 saturated carbocycles. The van der Waals surface area contributed by atoms with E-state index in [0.29, 0.717) is 41.6 Å². The van der Waals surface area contributed by atoms with E-state index in [1.54, 1.807) is 26.4 Å². The number of rotatable bonds is 3. The molecule has 1 aliphatic carbocycles. The summed E-state index contributed by atoms with van der Waals surface area (Å²) in [6.07, 6.45) is 3.82. The monoisotopic (exact) mass is 515 g/mol. The second kappa shape index (κ2) is 8.97.